The lowest BCUT2D eigenvalue weighted by Crippen LogP contribution is -2.59. The summed E-state index contributed by atoms with van der Waals surface area (Å²) in [5.74, 6) is -0.206. The monoisotopic (exact) mass is 455 g/mol. The Morgan fingerprint density at radius 3 is 2.53 bits per heavy atom. The Morgan fingerprint density at radius 1 is 1.09 bits per heavy atom. The summed E-state index contributed by atoms with van der Waals surface area (Å²) >= 11 is 0. The molecule has 2 fully saturated rings. The van der Waals surface area contributed by atoms with E-state index in [1.54, 1.807) is 59.4 Å². The fourth-order valence-electron chi connectivity index (χ4n) is 4.32. The summed E-state index contributed by atoms with van der Waals surface area (Å²) in [4.78, 5) is 19.1. The number of aromatic nitrogens is 2. The second kappa shape index (κ2) is 8.28. The molecule has 4 heterocycles. The van der Waals surface area contributed by atoms with Crippen LogP contribution in [0.25, 0.3) is 5.65 Å². The Bertz CT molecular complexity index is 1220. The van der Waals surface area contributed by atoms with E-state index in [1.807, 2.05) is 7.05 Å². The highest BCUT2D eigenvalue weighted by Crippen LogP contribution is 2.24. The summed E-state index contributed by atoms with van der Waals surface area (Å²) in [6, 6.07) is 10.2. The van der Waals surface area contributed by atoms with Crippen molar-refractivity contribution in [3.63, 3.8) is 0 Å². The molecule has 0 spiro atoms. The van der Waals surface area contributed by atoms with E-state index in [-0.39, 0.29) is 23.0 Å². The van der Waals surface area contributed by atoms with Crippen LogP contribution in [0.1, 0.15) is 15.9 Å². The van der Waals surface area contributed by atoms with Crippen molar-refractivity contribution in [2.24, 2.45) is 0 Å². The number of carbonyl (C=O) groups excluding carboxylic acids is 1. The molecule has 0 aliphatic carbocycles. The zero-order valence-electron chi connectivity index (χ0n) is 17.7. The smallest absolute Gasteiger partial charge is 0.253 e. The zero-order chi connectivity index (χ0) is 22.3. The Kier molecular flexibility index (Phi) is 5.46. The molecule has 0 saturated carbocycles. The third-order valence-corrected chi connectivity index (χ3v) is 7.74. The summed E-state index contributed by atoms with van der Waals surface area (Å²) in [5, 5.41) is 2.87. The van der Waals surface area contributed by atoms with Gasteiger partial charge in [0, 0.05) is 51.3 Å². The maximum absolute atomic E-state index is 13.1. The maximum Gasteiger partial charge on any atom is 0.253 e. The van der Waals surface area contributed by atoms with Crippen molar-refractivity contribution in [2.75, 3.05) is 33.2 Å². The quantitative estimate of drug-likeness (QED) is 0.616. The van der Waals surface area contributed by atoms with E-state index in [4.69, 9.17) is 4.74 Å². The van der Waals surface area contributed by atoms with Crippen molar-refractivity contribution in [1.29, 1.82) is 0 Å². The van der Waals surface area contributed by atoms with Crippen LogP contribution in [0.15, 0.2) is 59.9 Å². The number of benzene rings is 1. The molecule has 168 valence electrons. The lowest BCUT2D eigenvalue weighted by Gasteiger charge is -2.44. The Hall–Kier alpha value is -2.79. The minimum Gasteiger partial charge on any atom is -0.370 e. The molecule has 1 amide bonds. The molecule has 2 aromatic heterocycles. The highest BCUT2D eigenvalue weighted by atomic mass is 32.2. The van der Waals surface area contributed by atoms with Crippen LogP contribution in [0.5, 0.6) is 0 Å². The first-order chi connectivity index (χ1) is 15.4. The second-order valence-corrected chi connectivity index (χ2v) is 10.3. The average molecular weight is 456 g/mol. The van der Waals surface area contributed by atoms with E-state index >= 15 is 0 Å². The van der Waals surface area contributed by atoms with Gasteiger partial charge in [0.2, 0.25) is 10.0 Å². The molecule has 5 rings (SSSR count). The van der Waals surface area contributed by atoms with Gasteiger partial charge in [-0.2, -0.15) is 4.31 Å². The van der Waals surface area contributed by atoms with Crippen LogP contribution in [-0.2, 0) is 21.3 Å². The number of morpholine rings is 2. The fourth-order valence-corrected chi connectivity index (χ4v) is 5.82. The van der Waals surface area contributed by atoms with Crippen LogP contribution >= 0.6 is 0 Å². The Balaban J connectivity index is 1.23. The molecular weight excluding hydrogens is 430 g/mol. The number of hydrogen-bond donors (Lipinski definition) is 1. The van der Waals surface area contributed by atoms with Gasteiger partial charge in [0.1, 0.15) is 5.65 Å². The van der Waals surface area contributed by atoms with Crippen molar-refractivity contribution in [3.8, 4) is 0 Å². The van der Waals surface area contributed by atoms with E-state index in [0.29, 0.717) is 25.2 Å². The zero-order valence-corrected chi connectivity index (χ0v) is 18.5. The van der Waals surface area contributed by atoms with Gasteiger partial charge in [-0.05, 0) is 36.9 Å². The number of likely N-dealkylation sites (N-methyl/N-ethyl adjacent to an activating group) is 1. The van der Waals surface area contributed by atoms with Crippen LogP contribution in [-0.4, -0.2) is 78.3 Å². The normalized spacial score (nSPS) is 22.2. The number of nitrogens with one attached hydrogen (secondary N) is 1. The van der Waals surface area contributed by atoms with Gasteiger partial charge in [-0.25, -0.2) is 13.4 Å². The van der Waals surface area contributed by atoms with Crippen LogP contribution in [0, 0.1) is 0 Å². The molecule has 2 bridgehead atoms. The van der Waals surface area contributed by atoms with Crippen molar-refractivity contribution >= 4 is 21.6 Å². The molecule has 0 radical (unpaired) electrons. The molecule has 2 unspecified atom stereocenters. The summed E-state index contributed by atoms with van der Waals surface area (Å²) in [7, 11) is -1.56. The van der Waals surface area contributed by atoms with E-state index in [9.17, 15) is 13.2 Å². The van der Waals surface area contributed by atoms with E-state index in [0.717, 1.165) is 24.3 Å². The van der Waals surface area contributed by atoms with Gasteiger partial charge in [-0.1, -0.05) is 12.1 Å². The van der Waals surface area contributed by atoms with Gasteiger partial charge in [-0.3, -0.25) is 4.79 Å². The number of fused-ring (bicyclic) bond motifs is 3. The number of pyridine rings is 1. The molecule has 9 nitrogen and oxygen atoms in total. The molecule has 1 aromatic carbocycles. The first kappa shape index (κ1) is 21.1. The van der Waals surface area contributed by atoms with E-state index in [1.165, 1.54) is 4.31 Å². The molecule has 32 heavy (non-hydrogen) atoms. The first-order valence-electron chi connectivity index (χ1n) is 10.5. The van der Waals surface area contributed by atoms with Gasteiger partial charge in [0.05, 0.1) is 22.7 Å². The second-order valence-electron chi connectivity index (χ2n) is 8.36. The van der Waals surface area contributed by atoms with Gasteiger partial charge in [0.25, 0.3) is 5.91 Å². The van der Waals surface area contributed by atoms with Gasteiger partial charge in [-0.15, -0.1) is 0 Å². The predicted molar refractivity (Wildman–Crippen MR) is 118 cm³/mol. The molecular formula is C22H25N5O4S. The Labute approximate surface area is 186 Å². The maximum atomic E-state index is 13.1. The van der Waals surface area contributed by atoms with Crippen LogP contribution < -0.4 is 5.32 Å². The first-order valence-corrected chi connectivity index (χ1v) is 12.0. The number of rotatable bonds is 5. The lowest BCUT2D eigenvalue weighted by molar-refractivity contribution is -0.116. The van der Waals surface area contributed by atoms with Crippen LogP contribution in [0.3, 0.4) is 0 Å². The van der Waals surface area contributed by atoms with Gasteiger partial charge in [0.15, 0.2) is 0 Å². The van der Waals surface area contributed by atoms with Crippen molar-refractivity contribution in [1.82, 2.24) is 23.9 Å². The number of ether oxygens (including phenoxy) is 1. The highest BCUT2D eigenvalue weighted by Gasteiger charge is 2.38. The van der Waals surface area contributed by atoms with Gasteiger partial charge >= 0.3 is 0 Å². The minimum absolute atomic E-state index is 0.0988. The highest BCUT2D eigenvalue weighted by molar-refractivity contribution is 7.89. The largest absolute Gasteiger partial charge is 0.370 e. The summed E-state index contributed by atoms with van der Waals surface area (Å²) in [6.07, 6.45) is 4.99. The van der Waals surface area contributed by atoms with E-state index in [2.05, 4.69) is 15.2 Å². The van der Waals surface area contributed by atoms with Crippen molar-refractivity contribution in [3.05, 3.63) is 66.1 Å². The third-order valence-electron chi connectivity index (χ3n) is 5.90. The van der Waals surface area contributed by atoms with Crippen molar-refractivity contribution in [2.45, 2.75) is 23.6 Å². The minimum atomic E-state index is -3.59. The van der Waals surface area contributed by atoms with Gasteiger partial charge < -0.3 is 19.4 Å². The Morgan fingerprint density at radius 2 is 1.81 bits per heavy atom. The van der Waals surface area contributed by atoms with Crippen LogP contribution in [0.4, 0.5) is 0 Å². The number of amides is 1. The SMILES string of the molecule is CN1CC2CN(S(=O)(=O)c3ccc(CNC(=O)c4ccc5nccn5c4)cc3)CC(C1)O2. The molecule has 2 saturated heterocycles. The topological polar surface area (TPSA) is 96.2 Å². The lowest BCUT2D eigenvalue weighted by atomic mass is 10.1. The number of nitrogens with zero attached hydrogens (tertiary/aromatic N) is 4. The average Bonchev–Trinajstić information content (AvgIpc) is 3.25. The molecule has 3 aromatic rings. The molecule has 10 heteroatoms. The summed E-state index contributed by atoms with van der Waals surface area (Å²) in [6.45, 7) is 2.49. The van der Waals surface area contributed by atoms with E-state index < -0.39 is 10.0 Å². The fraction of sp³-hybridized carbons (Fsp3) is 0.364. The number of carbonyl (C=O) groups is 1. The number of hydrogen-bond acceptors (Lipinski definition) is 6. The summed E-state index contributed by atoms with van der Waals surface area (Å²) in [5.41, 5.74) is 2.12. The molecule has 2 aliphatic rings. The van der Waals surface area contributed by atoms with Crippen molar-refractivity contribution < 1.29 is 17.9 Å². The standard InChI is InChI=1S/C22H25N5O4S/c1-25-12-18-14-27(15-19(13-25)31-18)32(29,30)20-5-2-16(3-6-20)10-24-22(28)17-4-7-21-23-8-9-26(21)11-17/h2-9,11,18-19H,10,12-15H2,1H3,(H,24,28). The number of sulfonamides is 1. The molecule has 1 N–H and O–H groups in total. The third kappa shape index (κ3) is 4.14. The molecule has 2 atom stereocenters. The summed E-state index contributed by atoms with van der Waals surface area (Å²) < 4.78 is 35.5. The van der Waals surface area contributed by atoms with Crippen LogP contribution in [0.2, 0.25) is 0 Å². The predicted octanol–water partition coefficient (Wildman–Crippen LogP) is 0.968. The number of imidazole rings is 1. The molecule has 2 aliphatic heterocycles.